The molecule has 1 amide bonds. The minimum atomic E-state index is -0.531. The fourth-order valence-corrected chi connectivity index (χ4v) is 2.97. The van der Waals surface area contributed by atoms with Gasteiger partial charge in [0.05, 0.1) is 11.6 Å². The van der Waals surface area contributed by atoms with E-state index in [1.54, 1.807) is 11.8 Å². The molecule has 0 radical (unpaired) electrons. The Labute approximate surface area is 149 Å². The molecule has 2 rings (SSSR count). The molecule has 1 aliphatic heterocycles. The van der Waals surface area contributed by atoms with E-state index in [4.69, 9.17) is 0 Å². The molecule has 0 saturated carbocycles. The van der Waals surface area contributed by atoms with Gasteiger partial charge in [-0.25, -0.2) is 0 Å². The van der Waals surface area contributed by atoms with E-state index >= 15 is 0 Å². The summed E-state index contributed by atoms with van der Waals surface area (Å²) in [6, 6.07) is 7.20. The molecule has 1 aromatic carbocycles. The Bertz CT molecular complexity index is 678. The Morgan fingerprint density at radius 1 is 1.16 bits per heavy atom. The van der Waals surface area contributed by atoms with Crippen molar-refractivity contribution in [3.05, 3.63) is 41.2 Å². The van der Waals surface area contributed by atoms with Crippen LogP contribution in [0.1, 0.15) is 24.9 Å². The zero-order valence-corrected chi connectivity index (χ0v) is 15.6. The maximum absolute atomic E-state index is 12.5. The third-order valence-corrected chi connectivity index (χ3v) is 4.44. The van der Waals surface area contributed by atoms with Crippen LogP contribution in [-0.4, -0.2) is 67.9 Å². The number of carbonyl (C=O) groups excluding carboxylic acids is 2. The van der Waals surface area contributed by atoms with Crippen LogP contribution < -0.4 is 4.90 Å². The highest BCUT2D eigenvalue weighted by Gasteiger charge is 2.42. The average Bonchev–Trinajstić information content (AvgIpc) is 2.83. The number of aliphatic hydroxyl groups is 1. The van der Waals surface area contributed by atoms with Crippen molar-refractivity contribution in [3.8, 4) is 0 Å². The van der Waals surface area contributed by atoms with E-state index in [-0.39, 0.29) is 17.8 Å². The van der Waals surface area contributed by atoms with Crippen molar-refractivity contribution in [2.24, 2.45) is 0 Å². The van der Waals surface area contributed by atoms with E-state index in [1.807, 2.05) is 62.3 Å². The lowest BCUT2D eigenvalue weighted by Crippen LogP contribution is -2.36. The second-order valence-electron chi connectivity index (χ2n) is 6.73. The van der Waals surface area contributed by atoms with Crippen LogP contribution in [0.3, 0.4) is 0 Å². The van der Waals surface area contributed by atoms with Crippen molar-refractivity contribution >= 4 is 17.4 Å². The number of anilines is 1. The van der Waals surface area contributed by atoms with Crippen LogP contribution in [0.15, 0.2) is 35.6 Å². The van der Waals surface area contributed by atoms with Crippen LogP contribution in [-0.2, 0) is 9.59 Å². The first-order chi connectivity index (χ1) is 11.8. The van der Waals surface area contributed by atoms with Crippen molar-refractivity contribution in [1.29, 1.82) is 0 Å². The normalized spacial score (nSPS) is 17.6. The van der Waals surface area contributed by atoms with Crippen molar-refractivity contribution < 1.29 is 14.7 Å². The number of aliphatic hydroxyl groups excluding tert-OH is 1. The molecule has 25 heavy (non-hydrogen) atoms. The minimum absolute atomic E-state index is 0.195. The molecule has 136 valence electrons. The summed E-state index contributed by atoms with van der Waals surface area (Å²) in [5, 5.41) is 10.3. The predicted molar refractivity (Wildman–Crippen MR) is 98.7 cm³/mol. The molecule has 1 heterocycles. The van der Waals surface area contributed by atoms with Gasteiger partial charge in [-0.1, -0.05) is 19.1 Å². The summed E-state index contributed by atoms with van der Waals surface area (Å²) < 4.78 is 0. The van der Waals surface area contributed by atoms with E-state index in [1.165, 1.54) is 0 Å². The highest BCUT2D eigenvalue weighted by molar-refractivity contribution is 6.08. The van der Waals surface area contributed by atoms with Gasteiger partial charge in [0.25, 0.3) is 5.91 Å². The third-order valence-electron chi connectivity index (χ3n) is 4.44. The summed E-state index contributed by atoms with van der Waals surface area (Å²) in [7, 11) is 7.75. The SMILES string of the molecule is CCC(=O)C1=C(O)C(=O)N(CCN(C)C)C1c1ccc(N(C)C)cc1. The Morgan fingerprint density at radius 3 is 2.24 bits per heavy atom. The predicted octanol–water partition coefficient (Wildman–Crippen LogP) is 1.99. The molecule has 6 heteroatoms. The Kier molecular flexibility index (Phi) is 5.85. The molecule has 0 aromatic heterocycles. The summed E-state index contributed by atoms with van der Waals surface area (Å²) >= 11 is 0. The molecule has 0 saturated heterocycles. The molecule has 0 spiro atoms. The first kappa shape index (κ1) is 19.0. The Hall–Kier alpha value is -2.34. The molecular weight excluding hydrogens is 318 g/mol. The van der Waals surface area contributed by atoms with Gasteiger partial charge in [0.1, 0.15) is 0 Å². The molecular formula is C19H27N3O3. The molecule has 6 nitrogen and oxygen atoms in total. The van der Waals surface area contributed by atoms with Crippen LogP contribution in [0.2, 0.25) is 0 Å². The van der Waals surface area contributed by atoms with Crippen molar-refractivity contribution in [1.82, 2.24) is 9.80 Å². The summed E-state index contributed by atoms with van der Waals surface area (Å²) in [5.74, 6) is -1.08. The maximum atomic E-state index is 12.5. The Morgan fingerprint density at radius 2 is 1.76 bits per heavy atom. The highest BCUT2D eigenvalue weighted by Crippen LogP contribution is 2.38. The lowest BCUT2D eigenvalue weighted by molar-refractivity contribution is -0.129. The van der Waals surface area contributed by atoms with Gasteiger partial charge >= 0.3 is 0 Å². The van der Waals surface area contributed by atoms with Crippen molar-refractivity contribution in [2.75, 3.05) is 46.2 Å². The van der Waals surface area contributed by atoms with Crippen LogP contribution >= 0.6 is 0 Å². The molecule has 0 fully saturated rings. The monoisotopic (exact) mass is 345 g/mol. The highest BCUT2D eigenvalue weighted by atomic mass is 16.3. The van der Waals surface area contributed by atoms with E-state index in [2.05, 4.69) is 0 Å². The number of carbonyl (C=O) groups is 2. The topological polar surface area (TPSA) is 64.1 Å². The van der Waals surface area contributed by atoms with Gasteiger partial charge in [0, 0.05) is 39.3 Å². The summed E-state index contributed by atoms with van der Waals surface area (Å²) in [4.78, 5) is 30.5. The summed E-state index contributed by atoms with van der Waals surface area (Å²) in [6.07, 6.45) is 0.250. The number of likely N-dealkylation sites (N-methyl/N-ethyl adjacent to an activating group) is 1. The molecule has 1 atom stereocenters. The number of Topliss-reactive ketones (excluding diaryl/α,β-unsaturated/α-hetero) is 1. The molecule has 1 unspecified atom stereocenters. The van der Waals surface area contributed by atoms with Gasteiger partial charge in [-0.05, 0) is 31.8 Å². The summed E-state index contributed by atoms with van der Waals surface area (Å²) in [6.45, 7) is 2.83. The number of hydrogen-bond acceptors (Lipinski definition) is 5. The number of rotatable bonds is 7. The van der Waals surface area contributed by atoms with E-state index < -0.39 is 17.7 Å². The fraction of sp³-hybridized carbons (Fsp3) is 0.474. The molecule has 1 aliphatic rings. The molecule has 0 bridgehead atoms. The molecule has 0 aliphatic carbocycles. The van der Waals surface area contributed by atoms with Gasteiger partial charge < -0.3 is 19.8 Å². The number of ketones is 1. The Balaban J connectivity index is 2.44. The van der Waals surface area contributed by atoms with Crippen LogP contribution in [0.4, 0.5) is 5.69 Å². The largest absolute Gasteiger partial charge is 0.503 e. The first-order valence-electron chi connectivity index (χ1n) is 8.47. The third kappa shape index (κ3) is 3.85. The zero-order valence-electron chi connectivity index (χ0n) is 15.6. The van der Waals surface area contributed by atoms with E-state index in [9.17, 15) is 14.7 Å². The lowest BCUT2D eigenvalue weighted by atomic mass is 9.95. The second-order valence-corrected chi connectivity index (χ2v) is 6.73. The minimum Gasteiger partial charge on any atom is -0.503 e. The average molecular weight is 345 g/mol. The first-order valence-corrected chi connectivity index (χ1v) is 8.47. The van der Waals surface area contributed by atoms with Crippen LogP contribution in [0.25, 0.3) is 0 Å². The van der Waals surface area contributed by atoms with Crippen LogP contribution in [0, 0.1) is 0 Å². The maximum Gasteiger partial charge on any atom is 0.290 e. The summed E-state index contributed by atoms with van der Waals surface area (Å²) in [5.41, 5.74) is 2.08. The van der Waals surface area contributed by atoms with Gasteiger partial charge in [-0.15, -0.1) is 0 Å². The number of nitrogens with zero attached hydrogens (tertiary/aromatic N) is 3. The zero-order chi connectivity index (χ0) is 18.7. The van der Waals surface area contributed by atoms with Gasteiger partial charge in [-0.3, -0.25) is 9.59 Å². The standard InChI is InChI=1S/C19H27N3O3/c1-6-15(23)16-17(13-7-9-14(10-8-13)21(4)5)22(12-11-20(2)3)19(25)18(16)24/h7-10,17,24H,6,11-12H2,1-5H3. The fourth-order valence-electron chi connectivity index (χ4n) is 2.97. The van der Waals surface area contributed by atoms with E-state index in [0.717, 1.165) is 11.3 Å². The van der Waals surface area contributed by atoms with Crippen molar-refractivity contribution in [2.45, 2.75) is 19.4 Å². The molecule has 1 aromatic rings. The number of amides is 1. The van der Waals surface area contributed by atoms with Gasteiger partial charge in [-0.2, -0.15) is 0 Å². The molecule has 1 N–H and O–H groups in total. The van der Waals surface area contributed by atoms with Gasteiger partial charge in [0.15, 0.2) is 11.5 Å². The second kappa shape index (κ2) is 7.70. The lowest BCUT2D eigenvalue weighted by Gasteiger charge is -2.28. The van der Waals surface area contributed by atoms with Gasteiger partial charge in [0.2, 0.25) is 0 Å². The van der Waals surface area contributed by atoms with E-state index in [0.29, 0.717) is 13.1 Å². The smallest absolute Gasteiger partial charge is 0.290 e. The number of hydrogen-bond donors (Lipinski definition) is 1. The quantitative estimate of drug-likeness (QED) is 0.819. The van der Waals surface area contributed by atoms with Crippen LogP contribution in [0.5, 0.6) is 0 Å². The van der Waals surface area contributed by atoms with Crippen molar-refractivity contribution in [3.63, 3.8) is 0 Å². The number of benzene rings is 1.